The van der Waals surface area contributed by atoms with E-state index < -0.39 is 0 Å². The first-order chi connectivity index (χ1) is 14.0. The topological polar surface area (TPSA) is 88.3 Å². The molecular formula is C21H21N7O. The Kier molecular flexibility index (Phi) is 4.90. The molecule has 0 aromatic carbocycles. The van der Waals surface area contributed by atoms with Crippen molar-refractivity contribution in [1.82, 2.24) is 24.3 Å². The van der Waals surface area contributed by atoms with Crippen molar-refractivity contribution >= 4 is 23.2 Å². The number of carbonyl (C=O) groups excluding carboxylic acids is 1. The lowest BCUT2D eigenvalue weighted by molar-refractivity contribution is -0.114. The summed E-state index contributed by atoms with van der Waals surface area (Å²) in [5.74, 6) is 1.26. The van der Waals surface area contributed by atoms with Gasteiger partial charge in [0, 0.05) is 38.1 Å². The summed E-state index contributed by atoms with van der Waals surface area (Å²) in [6.45, 7) is 4.09. The van der Waals surface area contributed by atoms with Crippen molar-refractivity contribution in [3.05, 3.63) is 66.5 Å². The third-order valence-corrected chi connectivity index (χ3v) is 4.50. The minimum Gasteiger partial charge on any atom is -0.354 e. The number of fused-ring (bicyclic) bond motifs is 1. The second kappa shape index (κ2) is 7.67. The number of pyridine rings is 2. The van der Waals surface area contributed by atoms with E-state index in [0.29, 0.717) is 12.4 Å². The Hall–Kier alpha value is -3.81. The summed E-state index contributed by atoms with van der Waals surface area (Å²) < 4.78 is 1.99. The molecule has 0 atom stereocenters. The largest absolute Gasteiger partial charge is 0.354 e. The Labute approximate surface area is 168 Å². The van der Waals surface area contributed by atoms with Gasteiger partial charge in [-0.05, 0) is 30.7 Å². The molecular weight excluding hydrogens is 366 g/mol. The molecule has 4 aromatic heterocycles. The smallest absolute Gasteiger partial charge is 0.222 e. The fourth-order valence-electron chi connectivity index (χ4n) is 3.03. The Morgan fingerprint density at radius 2 is 1.90 bits per heavy atom. The first kappa shape index (κ1) is 18.5. The van der Waals surface area contributed by atoms with Crippen molar-refractivity contribution in [3.63, 3.8) is 0 Å². The van der Waals surface area contributed by atoms with Crippen molar-refractivity contribution < 1.29 is 4.79 Å². The maximum atomic E-state index is 11.2. The molecule has 0 saturated heterocycles. The summed E-state index contributed by atoms with van der Waals surface area (Å²) in [4.78, 5) is 30.9. The number of carbonyl (C=O) groups is 1. The highest BCUT2D eigenvalue weighted by Gasteiger charge is 2.10. The van der Waals surface area contributed by atoms with Crippen LogP contribution in [0.2, 0.25) is 0 Å². The lowest BCUT2D eigenvalue weighted by Crippen LogP contribution is -2.18. The monoisotopic (exact) mass is 387 g/mol. The summed E-state index contributed by atoms with van der Waals surface area (Å²) in [6, 6.07) is 7.72. The number of nitrogens with zero attached hydrogens (tertiary/aromatic N) is 6. The number of imidazole rings is 1. The first-order valence-corrected chi connectivity index (χ1v) is 9.19. The predicted molar refractivity (Wildman–Crippen MR) is 112 cm³/mol. The number of nitrogens with one attached hydrogen (secondary N) is 1. The van der Waals surface area contributed by atoms with Crippen LogP contribution in [-0.2, 0) is 11.3 Å². The number of aromatic nitrogens is 5. The summed E-state index contributed by atoms with van der Waals surface area (Å²) in [5.41, 5.74) is 4.58. The maximum Gasteiger partial charge on any atom is 0.222 e. The molecule has 146 valence electrons. The van der Waals surface area contributed by atoms with Gasteiger partial charge in [0.15, 0.2) is 5.65 Å². The van der Waals surface area contributed by atoms with Crippen LogP contribution in [-0.4, -0.2) is 37.3 Å². The van der Waals surface area contributed by atoms with Gasteiger partial charge in [-0.2, -0.15) is 0 Å². The Morgan fingerprint density at radius 1 is 1.03 bits per heavy atom. The Bertz CT molecular complexity index is 1150. The van der Waals surface area contributed by atoms with E-state index in [2.05, 4.69) is 25.3 Å². The summed E-state index contributed by atoms with van der Waals surface area (Å²) in [7, 11) is 1.99. The van der Waals surface area contributed by atoms with Crippen molar-refractivity contribution in [1.29, 1.82) is 0 Å². The molecule has 4 rings (SSSR count). The van der Waals surface area contributed by atoms with Crippen molar-refractivity contribution in [2.75, 3.05) is 17.3 Å². The van der Waals surface area contributed by atoms with Gasteiger partial charge in [-0.3, -0.25) is 14.2 Å². The second-order valence-corrected chi connectivity index (χ2v) is 6.91. The van der Waals surface area contributed by atoms with Gasteiger partial charge >= 0.3 is 0 Å². The lowest BCUT2D eigenvalue weighted by Gasteiger charge is -2.18. The second-order valence-electron chi connectivity index (χ2n) is 6.91. The van der Waals surface area contributed by atoms with Gasteiger partial charge in [-0.1, -0.05) is 6.07 Å². The van der Waals surface area contributed by atoms with Crippen molar-refractivity contribution in [2.45, 2.75) is 20.4 Å². The highest BCUT2D eigenvalue weighted by Crippen LogP contribution is 2.22. The molecule has 0 saturated carbocycles. The van der Waals surface area contributed by atoms with Crippen LogP contribution in [0.5, 0.6) is 0 Å². The summed E-state index contributed by atoms with van der Waals surface area (Å²) >= 11 is 0. The zero-order valence-electron chi connectivity index (χ0n) is 16.5. The van der Waals surface area contributed by atoms with E-state index in [1.54, 1.807) is 24.7 Å². The SMILES string of the molecule is CC(=O)Nc1ccc(-c2cnc3cnc(CN(C)c4ccc(C)cn4)cn23)cn1. The van der Waals surface area contributed by atoms with Crippen molar-refractivity contribution in [3.8, 4) is 11.3 Å². The van der Waals surface area contributed by atoms with Crippen LogP contribution in [0.4, 0.5) is 11.6 Å². The Morgan fingerprint density at radius 3 is 2.59 bits per heavy atom. The average Bonchev–Trinajstić information content (AvgIpc) is 3.12. The number of hydrogen-bond acceptors (Lipinski definition) is 6. The minimum atomic E-state index is -0.150. The standard InChI is InChI=1S/C21H21N7O/c1-14-4-7-20(24-8-14)27(3)12-17-13-28-18(10-25-21(28)11-22-17)16-5-6-19(23-9-16)26-15(2)29/h4-11,13H,12H2,1-3H3,(H,23,26,29). The van der Waals surface area contributed by atoms with Gasteiger partial charge in [0.1, 0.15) is 11.6 Å². The molecule has 1 N–H and O–H groups in total. The third-order valence-electron chi connectivity index (χ3n) is 4.50. The normalized spacial score (nSPS) is 10.9. The molecule has 8 heteroatoms. The minimum absolute atomic E-state index is 0.150. The van der Waals surface area contributed by atoms with Gasteiger partial charge in [0.25, 0.3) is 0 Å². The van der Waals surface area contributed by atoms with Gasteiger partial charge in [0.05, 0.1) is 30.3 Å². The zero-order chi connectivity index (χ0) is 20.4. The van der Waals surface area contributed by atoms with E-state index in [9.17, 15) is 4.79 Å². The average molecular weight is 387 g/mol. The molecule has 29 heavy (non-hydrogen) atoms. The van der Waals surface area contributed by atoms with E-state index in [-0.39, 0.29) is 5.91 Å². The zero-order valence-corrected chi connectivity index (χ0v) is 16.5. The predicted octanol–water partition coefficient (Wildman–Crippen LogP) is 3.09. The fraction of sp³-hybridized carbons (Fsp3) is 0.190. The molecule has 1 amide bonds. The molecule has 0 radical (unpaired) electrons. The molecule has 0 unspecified atom stereocenters. The van der Waals surface area contributed by atoms with E-state index in [4.69, 9.17) is 0 Å². The molecule has 8 nitrogen and oxygen atoms in total. The van der Waals surface area contributed by atoms with Crippen LogP contribution in [0.3, 0.4) is 0 Å². The van der Waals surface area contributed by atoms with Crippen LogP contribution in [0.1, 0.15) is 18.2 Å². The number of anilines is 2. The van der Waals surface area contributed by atoms with E-state index in [1.165, 1.54) is 6.92 Å². The number of amides is 1. The quantitative estimate of drug-likeness (QED) is 0.566. The van der Waals surface area contributed by atoms with E-state index in [1.807, 2.05) is 53.9 Å². The molecule has 4 aromatic rings. The fourth-order valence-corrected chi connectivity index (χ4v) is 3.03. The van der Waals surface area contributed by atoms with Gasteiger partial charge in [-0.15, -0.1) is 0 Å². The maximum absolute atomic E-state index is 11.2. The van der Waals surface area contributed by atoms with E-state index >= 15 is 0 Å². The van der Waals surface area contributed by atoms with E-state index in [0.717, 1.165) is 34.0 Å². The van der Waals surface area contributed by atoms with Crippen molar-refractivity contribution in [2.24, 2.45) is 0 Å². The lowest BCUT2D eigenvalue weighted by atomic mass is 10.2. The first-order valence-electron chi connectivity index (χ1n) is 9.19. The molecule has 0 fully saturated rings. The number of rotatable bonds is 5. The molecule has 0 aliphatic heterocycles. The summed E-state index contributed by atoms with van der Waals surface area (Å²) in [6.07, 6.45) is 9.10. The number of aryl methyl sites for hydroxylation is 1. The summed E-state index contributed by atoms with van der Waals surface area (Å²) in [5, 5.41) is 2.67. The Balaban J connectivity index is 1.60. The van der Waals surface area contributed by atoms with Crippen LogP contribution in [0.25, 0.3) is 16.9 Å². The molecule has 0 aliphatic carbocycles. The van der Waals surface area contributed by atoms with Crippen LogP contribution >= 0.6 is 0 Å². The highest BCUT2D eigenvalue weighted by atomic mass is 16.1. The van der Waals surface area contributed by atoms with Gasteiger partial charge < -0.3 is 10.2 Å². The molecule has 0 spiro atoms. The van der Waals surface area contributed by atoms with Crippen LogP contribution < -0.4 is 10.2 Å². The van der Waals surface area contributed by atoms with Crippen LogP contribution in [0.15, 0.2) is 55.2 Å². The van der Waals surface area contributed by atoms with Gasteiger partial charge in [-0.25, -0.2) is 15.0 Å². The highest BCUT2D eigenvalue weighted by molar-refractivity contribution is 5.87. The molecule has 0 bridgehead atoms. The molecule has 4 heterocycles. The number of hydrogen-bond donors (Lipinski definition) is 1. The molecule has 0 aliphatic rings. The third kappa shape index (κ3) is 4.06. The van der Waals surface area contributed by atoms with Crippen LogP contribution in [0, 0.1) is 6.92 Å². The van der Waals surface area contributed by atoms with Gasteiger partial charge in [0.2, 0.25) is 5.91 Å².